The topological polar surface area (TPSA) is 263 Å². The van der Waals surface area contributed by atoms with Crippen molar-refractivity contribution < 1.29 is 68.8 Å². The van der Waals surface area contributed by atoms with E-state index in [1.807, 2.05) is 0 Å². The number of carbonyl (C=O) groups excluding carboxylic acids is 4. The fourth-order valence-corrected chi connectivity index (χ4v) is 9.25. The maximum Gasteiger partial charge on any atom is 0.312 e. The summed E-state index contributed by atoms with van der Waals surface area (Å²) in [6.45, 7) is 11.5. The van der Waals surface area contributed by atoms with Gasteiger partial charge in [0.05, 0.1) is 59.6 Å². The third-order valence-corrected chi connectivity index (χ3v) is 13.6. The molecule has 9 atom stereocenters. The molecule has 0 saturated heterocycles. The van der Waals surface area contributed by atoms with Gasteiger partial charge in [-0.05, 0) is 31.1 Å². The molecular weight excluding hydrogens is 903 g/mol. The van der Waals surface area contributed by atoms with Crippen molar-refractivity contribution in [1.29, 1.82) is 0 Å². The molecule has 17 nitrogen and oxygen atoms in total. The molecule has 7 rings (SSSR count). The molecular formula is C53H61N3O14. The molecule has 8 N–H and O–H groups in total. The Morgan fingerprint density at radius 1 is 0.871 bits per heavy atom. The van der Waals surface area contributed by atoms with E-state index in [0.29, 0.717) is 11.1 Å². The lowest BCUT2D eigenvalue weighted by atomic mass is 9.74. The van der Waals surface area contributed by atoms with Gasteiger partial charge in [-0.2, -0.15) is 5.10 Å². The first kappa shape index (κ1) is 52.3. The van der Waals surface area contributed by atoms with Crippen LogP contribution in [-0.2, 0) is 34.0 Å². The number of hydrazone groups is 1. The van der Waals surface area contributed by atoms with Gasteiger partial charge in [0.1, 0.15) is 28.8 Å². The lowest BCUT2D eigenvalue weighted by Crippen LogP contribution is -2.46. The van der Waals surface area contributed by atoms with E-state index in [4.69, 9.17) is 18.9 Å². The molecule has 5 bridgehead atoms. The van der Waals surface area contributed by atoms with Crippen LogP contribution in [0.25, 0.3) is 10.8 Å². The largest absolute Gasteiger partial charge is 0.507 e. The molecule has 0 saturated carbocycles. The molecule has 3 aliphatic rings. The van der Waals surface area contributed by atoms with E-state index >= 15 is 0 Å². The van der Waals surface area contributed by atoms with Crippen LogP contribution in [0.4, 0.5) is 5.69 Å². The Bertz CT molecular complexity index is 2710. The number of carbonyl (C=O) groups is 4. The second kappa shape index (κ2) is 21.3. The summed E-state index contributed by atoms with van der Waals surface area (Å²) in [5.74, 6) is -10.3. The highest BCUT2D eigenvalue weighted by atomic mass is 16.7. The van der Waals surface area contributed by atoms with Crippen LogP contribution in [0.2, 0.25) is 0 Å². The number of phenols is 3. The number of methoxy groups -OCH3 is 1. The van der Waals surface area contributed by atoms with Crippen LogP contribution in [0, 0.1) is 30.6 Å². The summed E-state index contributed by atoms with van der Waals surface area (Å²) in [5.41, 5.74) is 0.439. The molecule has 17 heteroatoms. The SMILES string of the molecule is CO[C@@H]1C=CO[C@@]2(C)Oc3c(C)c(O)c4c(O)c(c(C=NNC(=O)C(CO)(c5ccccc5)c5ccccc5)c(O)c4c3C2=O)NC(=O)C(C)=CC=C[C@H](C)[C@H](O)[C@H](C)[C@H](O)[C@H](C)[C@@H](OC(C)=O)[C@H]1C. The van der Waals surface area contributed by atoms with Crippen LogP contribution in [0.5, 0.6) is 23.0 Å². The average Bonchev–Trinajstić information content (AvgIpc) is 3.61. The summed E-state index contributed by atoms with van der Waals surface area (Å²) in [7, 11) is 1.41. The molecule has 0 aromatic heterocycles. The lowest BCUT2D eigenvalue weighted by molar-refractivity contribution is -0.160. The van der Waals surface area contributed by atoms with Gasteiger partial charge in [0.15, 0.2) is 5.75 Å². The van der Waals surface area contributed by atoms with Gasteiger partial charge < -0.3 is 54.9 Å². The molecule has 3 heterocycles. The van der Waals surface area contributed by atoms with Gasteiger partial charge in [0.25, 0.3) is 17.6 Å². The Kier molecular flexibility index (Phi) is 15.9. The second-order valence-corrected chi connectivity index (χ2v) is 18.1. The number of aliphatic hydroxyl groups is 3. The number of phenolic OH excluding ortho intramolecular Hbond substituents is 3. The van der Waals surface area contributed by atoms with Crippen molar-refractivity contribution in [3.8, 4) is 23.0 Å². The van der Waals surface area contributed by atoms with Crippen LogP contribution < -0.4 is 15.5 Å². The number of hydrogen-bond donors (Lipinski definition) is 8. The number of hydrogen-bond acceptors (Lipinski definition) is 15. The smallest absolute Gasteiger partial charge is 0.312 e. The second-order valence-electron chi connectivity index (χ2n) is 18.1. The number of benzene rings is 4. The zero-order valence-corrected chi connectivity index (χ0v) is 40.5. The van der Waals surface area contributed by atoms with Crippen LogP contribution in [-0.4, -0.2) is 104 Å². The first-order valence-electron chi connectivity index (χ1n) is 22.8. The van der Waals surface area contributed by atoms with Gasteiger partial charge >= 0.3 is 11.8 Å². The molecule has 0 fully saturated rings. The normalized spacial score (nSPS) is 25.6. The standard InChI is InChI=1S/C53H61N3O14/c1-27-17-16-18-28(2)50(65)55-41-36(25-54-56-51(66)53(26-57,34-19-12-10-13-20-34)35-21-14-11-15-22-35)45(62)38-39(46(41)63)44(61)32(6)48-40(38)49(64)52(8,70-48)68-24-23-37(67-9)29(3)47(69-33(7)58)31(5)43(60)30(4)42(27)59/h10-25,27,29-31,37,42-43,47,57,59-63H,26H2,1-9H3,(H,55,65)(H,56,66)/t27-,29-,30-,31-,37+,42-,43-,47-,52-/m0/s1. The van der Waals surface area contributed by atoms with Crippen LogP contribution >= 0.6 is 0 Å². The molecule has 70 heavy (non-hydrogen) atoms. The van der Waals surface area contributed by atoms with Crippen molar-refractivity contribution in [3.05, 3.63) is 125 Å². The van der Waals surface area contributed by atoms with Crippen molar-refractivity contribution in [2.45, 2.75) is 91.0 Å². The maximum absolute atomic E-state index is 14.6. The van der Waals surface area contributed by atoms with Gasteiger partial charge in [-0.1, -0.05) is 107 Å². The number of esters is 1. The van der Waals surface area contributed by atoms with E-state index in [1.54, 1.807) is 94.4 Å². The van der Waals surface area contributed by atoms with Crippen molar-refractivity contribution in [3.63, 3.8) is 0 Å². The Morgan fingerprint density at radius 3 is 2.06 bits per heavy atom. The fourth-order valence-electron chi connectivity index (χ4n) is 9.25. The van der Waals surface area contributed by atoms with E-state index < -0.39 is 129 Å². The number of nitrogens with one attached hydrogen (secondary N) is 2. The monoisotopic (exact) mass is 963 g/mol. The number of nitrogens with zero attached hydrogens (tertiary/aromatic N) is 1. The van der Waals surface area contributed by atoms with Gasteiger partial charge in [0.2, 0.25) is 0 Å². The molecule has 372 valence electrons. The Labute approximate surface area is 405 Å². The summed E-state index contributed by atoms with van der Waals surface area (Å²) >= 11 is 0. The fraction of sp³-hybridized carbons (Fsp3) is 0.377. The molecule has 0 spiro atoms. The lowest BCUT2D eigenvalue weighted by Gasteiger charge is -2.38. The zero-order chi connectivity index (χ0) is 51.4. The summed E-state index contributed by atoms with van der Waals surface area (Å²) < 4.78 is 23.6. The minimum absolute atomic E-state index is 0.0348. The molecule has 0 aliphatic carbocycles. The number of Topliss-reactive ketones (excluding diaryl/α,β-unsaturated/α-hetero) is 1. The van der Waals surface area contributed by atoms with Crippen LogP contribution in [0.1, 0.15) is 81.1 Å². The average molecular weight is 964 g/mol. The summed E-state index contributed by atoms with van der Waals surface area (Å²) in [6, 6.07) is 17.0. The summed E-state index contributed by atoms with van der Waals surface area (Å²) in [4.78, 5) is 55.4. The predicted octanol–water partition coefficient (Wildman–Crippen LogP) is 6.18. The number of amides is 2. The Morgan fingerprint density at radius 2 is 1.49 bits per heavy atom. The molecule has 3 aliphatic heterocycles. The van der Waals surface area contributed by atoms with E-state index in [0.717, 1.165) is 12.5 Å². The highest BCUT2D eigenvalue weighted by molar-refractivity contribution is 6.24. The number of ether oxygens (including phenoxy) is 4. The van der Waals surface area contributed by atoms with Crippen LogP contribution in [0.3, 0.4) is 0 Å². The Hall–Kier alpha value is -7.05. The highest BCUT2D eigenvalue weighted by Crippen LogP contribution is 2.55. The zero-order valence-electron chi connectivity index (χ0n) is 40.5. The number of anilines is 1. The van der Waals surface area contributed by atoms with Crippen molar-refractivity contribution >= 4 is 46.2 Å². The third-order valence-electron chi connectivity index (χ3n) is 13.6. The number of rotatable bonds is 8. The molecule has 0 unspecified atom stereocenters. The van der Waals surface area contributed by atoms with E-state index in [1.165, 1.54) is 53.0 Å². The van der Waals surface area contributed by atoms with E-state index in [-0.39, 0.29) is 22.4 Å². The van der Waals surface area contributed by atoms with Crippen molar-refractivity contribution in [2.75, 3.05) is 19.0 Å². The third kappa shape index (κ3) is 9.74. The minimum atomic E-state index is -2.16. The van der Waals surface area contributed by atoms with E-state index in [9.17, 15) is 49.8 Å². The van der Waals surface area contributed by atoms with Gasteiger partial charge in [-0.25, -0.2) is 5.43 Å². The molecule has 4 aromatic rings. The molecule has 2 amide bonds. The quantitative estimate of drug-likeness (QED) is 0.0322. The maximum atomic E-state index is 14.6. The number of ketones is 1. The predicted molar refractivity (Wildman–Crippen MR) is 260 cm³/mol. The summed E-state index contributed by atoms with van der Waals surface area (Å²) in [5, 5.41) is 76.0. The van der Waals surface area contributed by atoms with Gasteiger partial charge in [-0.15, -0.1) is 0 Å². The Balaban J connectivity index is 1.53. The molecule has 0 radical (unpaired) electrons. The van der Waals surface area contributed by atoms with Crippen molar-refractivity contribution in [2.24, 2.45) is 28.8 Å². The molecule has 4 aromatic carbocycles. The highest BCUT2D eigenvalue weighted by Gasteiger charge is 2.50. The number of fused-ring (bicyclic) bond motifs is 14. The van der Waals surface area contributed by atoms with Gasteiger partial charge in [-0.3, -0.25) is 19.2 Å². The van der Waals surface area contributed by atoms with E-state index in [2.05, 4.69) is 15.8 Å². The number of aliphatic hydroxyl groups excluding tert-OH is 3. The van der Waals surface area contributed by atoms with Gasteiger partial charge in [0, 0.05) is 61.2 Å². The van der Waals surface area contributed by atoms with Crippen molar-refractivity contribution in [1.82, 2.24) is 5.43 Å². The summed E-state index contributed by atoms with van der Waals surface area (Å²) in [6.07, 6.45) is 4.00. The number of aromatic hydroxyl groups is 3. The van der Waals surface area contributed by atoms with Crippen LogP contribution in [0.15, 0.2) is 102 Å². The first-order valence-corrected chi connectivity index (χ1v) is 22.8. The number of allylic oxidation sites excluding steroid dienone is 2. The minimum Gasteiger partial charge on any atom is -0.507 e. The first-order chi connectivity index (χ1) is 33.2.